The summed E-state index contributed by atoms with van der Waals surface area (Å²) in [6, 6.07) is 5.01. The van der Waals surface area contributed by atoms with E-state index in [1.54, 1.807) is 18.2 Å². The van der Waals surface area contributed by atoms with Crippen molar-refractivity contribution in [3.8, 4) is 0 Å². The number of benzene rings is 1. The van der Waals surface area contributed by atoms with Crippen LogP contribution < -0.4 is 5.32 Å². The molecular weight excluding hydrogens is 334 g/mol. The van der Waals surface area contributed by atoms with Gasteiger partial charge in [0.1, 0.15) is 0 Å². The Morgan fingerprint density at radius 1 is 1.37 bits per heavy atom. The number of hydrogen-bond donors (Lipinski definition) is 1. The standard InChI is InChI=1S/C13H17BrClNO3/c1-3-18-12(19-4-2)8-16-13(17)10-6-5-9(15)7-11(10)14/h5-7,12H,3-4,8H2,1-2H3,(H,16,17). The Bertz CT molecular complexity index is 422. The molecule has 1 amide bonds. The van der Waals surface area contributed by atoms with Crippen LogP contribution in [0, 0.1) is 0 Å². The minimum atomic E-state index is -0.426. The molecule has 0 fully saturated rings. The lowest BCUT2D eigenvalue weighted by atomic mass is 10.2. The minimum Gasteiger partial charge on any atom is -0.351 e. The maximum absolute atomic E-state index is 12.0. The Hall–Kier alpha value is -0.620. The lowest BCUT2D eigenvalue weighted by Crippen LogP contribution is -2.35. The van der Waals surface area contributed by atoms with E-state index in [2.05, 4.69) is 21.2 Å². The number of hydrogen-bond acceptors (Lipinski definition) is 3. The lowest BCUT2D eigenvalue weighted by molar-refractivity contribution is -0.131. The summed E-state index contributed by atoms with van der Waals surface area (Å²) in [5, 5.41) is 3.34. The fraction of sp³-hybridized carbons (Fsp3) is 0.462. The Morgan fingerprint density at radius 2 is 2.00 bits per heavy atom. The van der Waals surface area contributed by atoms with Crippen molar-refractivity contribution in [3.05, 3.63) is 33.3 Å². The average molecular weight is 351 g/mol. The topological polar surface area (TPSA) is 47.6 Å². The SMILES string of the molecule is CCOC(CNC(=O)c1ccc(Cl)cc1Br)OCC. The number of carbonyl (C=O) groups excluding carboxylic acids is 1. The number of halogens is 2. The Balaban J connectivity index is 2.58. The van der Waals surface area contributed by atoms with Crippen molar-refractivity contribution in [2.24, 2.45) is 0 Å². The van der Waals surface area contributed by atoms with Crippen LogP contribution >= 0.6 is 27.5 Å². The molecular formula is C13H17BrClNO3. The molecule has 0 bridgehead atoms. The Kier molecular flexibility index (Phi) is 7.38. The first-order valence-electron chi connectivity index (χ1n) is 6.04. The summed E-state index contributed by atoms with van der Waals surface area (Å²) in [6.45, 7) is 5.12. The van der Waals surface area contributed by atoms with Gasteiger partial charge in [0.15, 0.2) is 6.29 Å². The third kappa shape index (κ3) is 5.48. The van der Waals surface area contributed by atoms with Gasteiger partial charge in [-0.05, 0) is 48.0 Å². The number of amides is 1. The molecule has 0 aliphatic rings. The zero-order valence-corrected chi connectivity index (χ0v) is 13.3. The van der Waals surface area contributed by atoms with Gasteiger partial charge in [0.25, 0.3) is 5.91 Å². The van der Waals surface area contributed by atoms with Gasteiger partial charge in [-0.15, -0.1) is 0 Å². The van der Waals surface area contributed by atoms with Crippen molar-refractivity contribution in [2.75, 3.05) is 19.8 Å². The van der Waals surface area contributed by atoms with Crippen LogP contribution in [-0.2, 0) is 9.47 Å². The van der Waals surface area contributed by atoms with E-state index in [0.717, 1.165) is 0 Å². The molecule has 1 aromatic rings. The van der Waals surface area contributed by atoms with Gasteiger partial charge in [-0.3, -0.25) is 4.79 Å². The quantitative estimate of drug-likeness (QED) is 0.768. The molecule has 0 aliphatic heterocycles. The predicted molar refractivity (Wildman–Crippen MR) is 78.5 cm³/mol. The zero-order chi connectivity index (χ0) is 14.3. The third-order valence-electron chi connectivity index (χ3n) is 2.31. The Morgan fingerprint density at radius 3 is 2.53 bits per heavy atom. The summed E-state index contributed by atoms with van der Waals surface area (Å²) >= 11 is 9.14. The fourth-order valence-corrected chi connectivity index (χ4v) is 2.35. The number of ether oxygens (including phenoxy) is 2. The van der Waals surface area contributed by atoms with Crippen molar-refractivity contribution in [2.45, 2.75) is 20.1 Å². The van der Waals surface area contributed by atoms with Gasteiger partial charge in [0.2, 0.25) is 0 Å². The summed E-state index contributed by atoms with van der Waals surface area (Å²) in [6.07, 6.45) is -0.426. The van der Waals surface area contributed by atoms with Gasteiger partial charge in [-0.2, -0.15) is 0 Å². The molecule has 6 heteroatoms. The van der Waals surface area contributed by atoms with Crippen LogP contribution in [0.25, 0.3) is 0 Å². The third-order valence-corrected chi connectivity index (χ3v) is 3.20. The smallest absolute Gasteiger partial charge is 0.252 e. The first-order chi connectivity index (χ1) is 9.08. The average Bonchev–Trinajstić information content (AvgIpc) is 2.36. The first kappa shape index (κ1) is 16.4. The van der Waals surface area contributed by atoms with E-state index in [1.165, 1.54) is 0 Å². The molecule has 0 spiro atoms. The van der Waals surface area contributed by atoms with E-state index >= 15 is 0 Å². The molecule has 0 radical (unpaired) electrons. The molecule has 0 heterocycles. The van der Waals surface area contributed by atoms with Gasteiger partial charge in [0, 0.05) is 22.7 Å². The molecule has 0 aliphatic carbocycles. The summed E-state index contributed by atoms with van der Waals surface area (Å²) in [4.78, 5) is 12.0. The molecule has 1 aromatic carbocycles. The van der Waals surface area contributed by atoms with Crippen molar-refractivity contribution in [1.82, 2.24) is 5.32 Å². The molecule has 0 saturated carbocycles. The Labute approximate surface area is 126 Å². The first-order valence-corrected chi connectivity index (χ1v) is 7.22. The monoisotopic (exact) mass is 349 g/mol. The van der Waals surface area contributed by atoms with Crippen molar-refractivity contribution in [3.63, 3.8) is 0 Å². The lowest BCUT2D eigenvalue weighted by Gasteiger charge is -2.17. The van der Waals surface area contributed by atoms with Crippen molar-refractivity contribution < 1.29 is 14.3 Å². The van der Waals surface area contributed by atoms with E-state index in [9.17, 15) is 4.79 Å². The van der Waals surface area contributed by atoms with Crippen LogP contribution in [0.3, 0.4) is 0 Å². The maximum atomic E-state index is 12.0. The van der Waals surface area contributed by atoms with Gasteiger partial charge in [0.05, 0.1) is 12.1 Å². The molecule has 19 heavy (non-hydrogen) atoms. The summed E-state index contributed by atoms with van der Waals surface area (Å²) in [5.41, 5.74) is 0.524. The van der Waals surface area contributed by atoms with E-state index in [1.807, 2.05) is 13.8 Å². The highest BCUT2D eigenvalue weighted by Gasteiger charge is 2.13. The van der Waals surface area contributed by atoms with E-state index in [4.69, 9.17) is 21.1 Å². The second-order valence-electron chi connectivity index (χ2n) is 3.67. The van der Waals surface area contributed by atoms with Gasteiger partial charge < -0.3 is 14.8 Å². The van der Waals surface area contributed by atoms with Gasteiger partial charge in [-0.1, -0.05) is 11.6 Å². The molecule has 0 atom stereocenters. The van der Waals surface area contributed by atoms with Gasteiger partial charge in [-0.25, -0.2) is 0 Å². The van der Waals surface area contributed by atoms with Crippen LogP contribution in [-0.4, -0.2) is 32.0 Å². The van der Waals surface area contributed by atoms with E-state index in [0.29, 0.717) is 34.8 Å². The van der Waals surface area contributed by atoms with Crippen LogP contribution in [0.5, 0.6) is 0 Å². The molecule has 0 saturated heterocycles. The highest BCUT2D eigenvalue weighted by molar-refractivity contribution is 9.10. The van der Waals surface area contributed by atoms with Crippen molar-refractivity contribution >= 4 is 33.4 Å². The van der Waals surface area contributed by atoms with Crippen LogP contribution in [0.4, 0.5) is 0 Å². The predicted octanol–water partition coefficient (Wildman–Crippen LogP) is 3.23. The maximum Gasteiger partial charge on any atom is 0.252 e. The molecule has 4 nitrogen and oxygen atoms in total. The summed E-state index contributed by atoms with van der Waals surface area (Å²) < 4.78 is 11.4. The van der Waals surface area contributed by atoms with Crippen LogP contribution in [0.1, 0.15) is 24.2 Å². The molecule has 1 rings (SSSR count). The summed E-state index contributed by atoms with van der Waals surface area (Å²) in [7, 11) is 0. The molecule has 0 aromatic heterocycles. The van der Waals surface area contributed by atoms with Crippen LogP contribution in [0.15, 0.2) is 22.7 Å². The van der Waals surface area contributed by atoms with Crippen molar-refractivity contribution in [1.29, 1.82) is 0 Å². The molecule has 0 unspecified atom stereocenters. The van der Waals surface area contributed by atoms with E-state index in [-0.39, 0.29) is 5.91 Å². The number of rotatable bonds is 7. The number of nitrogens with one attached hydrogen (secondary N) is 1. The number of carbonyl (C=O) groups is 1. The molecule has 106 valence electrons. The molecule has 1 N–H and O–H groups in total. The second kappa shape index (κ2) is 8.53. The van der Waals surface area contributed by atoms with Crippen LogP contribution in [0.2, 0.25) is 5.02 Å². The van der Waals surface area contributed by atoms with Gasteiger partial charge >= 0.3 is 0 Å². The second-order valence-corrected chi connectivity index (χ2v) is 4.97. The van der Waals surface area contributed by atoms with E-state index < -0.39 is 6.29 Å². The minimum absolute atomic E-state index is 0.201. The largest absolute Gasteiger partial charge is 0.351 e. The normalized spacial score (nSPS) is 10.8. The summed E-state index contributed by atoms with van der Waals surface area (Å²) in [5.74, 6) is -0.201. The zero-order valence-electron chi connectivity index (χ0n) is 10.9. The highest BCUT2D eigenvalue weighted by atomic mass is 79.9. The fourth-order valence-electron chi connectivity index (χ4n) is 1.48. The highest BCUT2D eigenvalue weighted by Crippen LogP contribution is 2.21.